The predicted octanol–water partition coefficient (Wildman–Crippen LogP) is 3.28. The van der Waals surface area contributed by atoms with Crippen LogP contribution in [-0.2, 0) is 9.59 Å². The topological polar surface area (TPSA) is 85.6 Å². The highest BCUT2D eigenvalue weighted by Gasteiger charge is 2.45. The van der Waals surface area contributed by atoms with Crippen molar-refractivity contribution in [2.75, 3.05) is 13.6 Å². The molecule has 0 aromatic carbocycles. The van der Waals surface area contributed by atoms with Crippen LogP contribution in [0.2, 0.25) is 0 Å². The van der Waals surface area contributed by atoms with Gasteiger partial charge >= 0.3 is 0 Å². The number of aliphatic imine (C=N–C) groups is 1. The Hall–Kier alpha value is -1.90. The van der Waals surface area contributed by atoms with Gasteiger partial charge in [-0.05, 0) is 12.8 Å². The van der Waals surface area contributed by atoms with Crippen LogP contribution in [0.15, 0.2) is 4.99 Å². The first kappa shape index (κ1) is 24.4. The second-order valence-corrected chi connectivity index (χ2v) is 4.99. The van der Waals surface area contributed by atoms with Crippen LogP contribution in [0.25, 0.3) is 0 Å². The molecule has 24 heavy (non-hydrogen) atoms. The van der Waals surface area contributed by atoms with Gasteiger partial charge in [0, 0.05) is 13.5 Å². The lowest BCUT2D eigenvalue weighted by molar-refractivity contribution is -0.130. The van der Waals surface area contributed by atoms with Crippen LogP contribution < -0.4 is 5.32 Å². The lowest BCUT2D eigenvalue weighted by Gasteiger charge is -2.23. The van der Waals surface area contributed by atoms with E-state index in [-0.39, 0.29) is 24.8 Å². The second kappa shape index (κ2) is 13.5. The van der Waals surface area contributed by atoms with Gasteiger partial charge in [-0.25, -0.2) is 0 Å². The van der Waals surface area contributed by atoms with E-state index in [0.29, 0.717) is 6.42 Å². The minimum Gasteiger partial charge on any atom is -0.352 e. The summed E-state index contributed by atoms with van der Waals surface area (Å²) in [5.74, 6) is 0.338. The van der Waals surface area contributed by atoms with Gasteiger partial charge in [0.15, 0.2) is 5.54 Å². The van der Waals surface area contributed by atoms with E-state index in [2.05, 4.69) is 17.2 Å². The third-order valence-corrected chi connectivity index (χ3v) is 3.59. The molecule has 0 aromatic heterocycles. The average molecular weight is 338 g/mol. The summed E-state index contributed by atoms with van der Waals surface area (Å²) in [6.45, 7) is 12.1. The van der Waals surface area contributed by atoms with Crippen molar-refractivity contribution in [3.8, 4) is 6.07 Å². The van der Waals surface area contributed by atoms with Crippen LogP contribution in [0.3, 0.4) is 0 Å². The maximum atomic E-state index is 12.4. The van der Waals surface area contributed by atoms with Gasteiger partial charge < -0.3 is 10.2 Å². The third kappa shape index (κ3) is 6.69. The summed E-state index contributed by atoms with van der Waals surface area (Å²) in [6, 6.07) is 1.79. The van der Waals surface area contributed by atoms with Gasteiger partial charge in [0.25, 0.3) is 5.91 Å². The molecule has 6 nitrogen and oxygen atoms in total. The van der Waals surface area contributed by atoms with Crippen LogP contribution >= 0.6 is 0 Å². The molecule has 6 heteroatoms. The summed E-state index contributed by atoms with van der Waals surface area (Å²) in [6.07, 6.45) is 3.12. The van der Waals surface area contributed by atoms with Gasteiger partial charge in [-0.2, -0.15) is 5.26 Å². The largest absolute Gasteiger partial charge is 0.352 e. The Labute approximate surface area is 147 Å². The fraction of sp³-hybridized carbons (Fsp3) is 0.778. The Bertz CT molecular complexity index is 454. The van der Waals surface area contributed by atoms with Crippen molar-refractivity contribution in [1.82, 2.24) is 10.2 Å². The first-order valence-electron chi connectivity index (χ1n) is 9.01. The molecule has 1 unspecified atom stereocenters. The Morgan fingerprint density at radius 1 is 1.29 bits per heavy atom. The summed E-state index contributed by atoms with van der Waals surface area (Å²) in [5.41, 5.74) is -0.900. The molecule has 1 atom stereocenters. The molecular weight excluding hydrogens is 304 g/mol. The summed E-state index contributed by atoms with van der Waals surface area (Å²) >= 11 is 0. The molecule has 1 aliphatic rings. The van der Waals surface area contributed by atoms with E-state index in [0.717, 1.165) is 25.1 Å². The first-order valence-corrected chi connectivity index (χ1v) is 9.01. The lowest BCUT2D eigenvalue weighted by atomic mass is 9.96. The molecule has 0 spiro atoms. The lowest BCUT2D eigenvalue weighted by Crippen LogP contribution is -2.48. The molecule has 0 saturated carbocycles. The third-order valence-electron chi connectivity index (χ3n) is 3.59. The predicted molar refractivity (Wildman–Crippen MR) is 98.7 cm³/mol. The number of nitrogens with one attached hydrogen (secondary N) is 1. The van der Waals surface area contributed by atoms with Crippen molar-refractivity contribution in [3.63, 3.8) is 0 Å². The molecule has 0 fully saturated rings. The zero-order chi connectivity index (χ0) is 19.2. The number of rotatable bonds is 7. The minimum absolute atomic E-state index is 0.0802. The van der Waals surface area contributed by atoms with E-state index < -0.39 is 5.54 Å². The fourth-order valence-corrected chi connectivity index (χ4v) is 2.21. The van der Waals surface area contributed by atoms with Crippen LogP contribution in [0, 0.1) is 11.3 Å². The molecule has 0 bridgehead atoms. The van der Waals surface area contributed by atoms with Crippen LogP contribution in [0.5, 0.6) is 0 Å². The molecular formula is C18H34N4O2. The molecule has 0 aromatic rings. The molecule has 2 amide bonds. The highest BCUT2D eigenvalue weighted by atomic mass is 16.2. The summed E-state index contributed by atoms with van der Waals surface area (Å²) < 4.78 is 0. The Morgan fingerprint density at radius 3 is 2.33 bits per heavy atom. The fourth-order valence-electron chi connectivity index (χ4n) is 2.21. The van der Waals surface area contributed by atoms with E-state index >= 15 is 0 Å². The second-order valence-electron chi connectivity index (χ2n) is 4.99. The van der Waals surface area contributed by atoms with Crippen molar-refractivity contribution in [2.45, 2.75) is 79.2 Å². The Kier molecular flexibility index (Phi) is 13.7. The van der Waals surface area contributed by atoms with Gasteiger partial charge in [0.1, 0.15) is 12.3 Å². The van der Waals surface area contributed by atoms with E-state index in [9.17, 15) is 9.59 Å². The number of nitriles is 1. The number of nitrogens with zero attached hydrogens (tertiary/aromatic N) is 3. The first-order chi connectivity index (χ1) is 11.5. The monoisotopic (exact) mass is 338 g/mol. The van der Waals surface area contributed by atoms with Crippen LogP contribution in [0.4, 0.5) is 0 Å². The van der Waals surface area contributed by atoms with Crippen LogP contribution in [0.1, 0.15) is 73.6 Å². The van der Waals surface area contributed by atoms with Gasteiger partial charge in [0.2, 0.25) is 5.91 Å². The smallest absolute Gasteiger partial charge is 0.257 e. The Balaban J connectivity index is 0. The molecule has 1 rings (SSSR count). The maximum absolute atomic E-state index is 12.4. The van der Waals surface area contributed by atoms with Gasteiger partial charge in [-0.3, -0.25) is 14.6 Å². The number of likely N-dealkylation sites (N-methyl/N-ethyl adjacent to an activating group) is 1. The van der Waals surface area contributed by atoms with E-state index in [1.54, 1.807) is 18.0 Å². The molecule has 0 radical (unpaired) electrons. The van der Waals surface area contributed by atoms with E-state index in [4.69, 9.17) is 5.26 Å². The number of carbonyl (C=O) groups is 2. The van der Waals surface area contributed by atoms with Crippen molar-refractivity contribution in [3.05, 3.63) is 0 Å². The highest BCUT2D eigenvalue weighted by molar-refractivity contribution is 6.08. The molecule has 138 valence electrons. The summed E-state index contributed by atoms with van der Waals surface area (Å²) in [7, 11) is 1.73. The number of unbranched alkanes of at least 4 members (excludes halogenated alkanes) is 1. The molecule has 0 aliphatic carbocycles. The number of hydrogen-bond donors (Lipinski definition) is 1. The van der Waals surface area contributed by atoms with Crippen molar-refractivity contribution in [1.29, 1.82) is 5.26 Å². The average Bonchev–Trinajstić information content (AvgIpc) is 2.87. The van der Waals surface area contributed by atoms with E-state index in [1.165, 1.54) is 0 Å². The van der Waals surface area contributed by atoms with Crippen molar-refractivity contribution < 1.29 is 9.59 Å². The molecule has 1 aliphatic heterocycles. The van der Waals surface area contributed by atoms with Crippen LogP contribution in [-0.4, -0.2) is 41.7 Å². The zero-order valence-corrected chi connectivity index (χ0v) is 16.4. The number of amides is 2. The Morgan fingerprint density at radius 2 is 1.88 bits per heavy atom. The zero-order valence-electron chi connectivity index (χ0n) is 16.4. The van der Waals surface area contributed by atoms with Crippen molar-refractivity contribution >= 4 is 17.6 Å². The number of amidine groups is 1. The number of carbonyl (C=O) groups excluding carboxylic acids is 2. The van der Waals surface area contributed by atoms with Gasteiger partial charge in [0.05, 0.1) is 12.6 Å². The highest BCUT2D eigenvalue weighted by Crippen LogP contribution is 2.26. The minimum atomic E-state index is -0.900. The van der Waals surface area contributed by atoms with Crippen molar-refractivity contribution in [2.24, 2.45) is 4.99 Å². The molecule has 0 saturated heterocycles. The normalized spacial score (nSPS) is 18.5. The quantitative estimate of drug-likeness (QED) is 0.773. The summed E-state index contributed by atoms with van der Waals surface area (Å²) in [5, 5.41) is 11.1. The molecule has 1 N–H and O–H groups in total. The number of hydrogen-bond acceptors (Lipinski definition) is 4. The maximum Gasteiger partial charge on any atom is 0.257 e. The molecule has 1 heterocycles. The SMILES string of the molecule is CC.CC.CCCCC1=NC(CC)(CNC(=O)CC#N)C(=O)N1C. The van der Waals surface area contributed by atoms with Gasteiger partial charge in [-0.1, -0.05) is 48.0 Å². The standard InChI is InChI=1S/C14H22N4O2.2C2H6/c1-4-6-7-11-17-14(5-2,13(20)18(11)3)10-16-12(19)8-9-15;2*1-2/h4-8,10H2,1-3H3,(H,16,19);2*1-2H3. The van der Waals surface area contributed by atoms with E-state index in [1.807, 2.05) is 34.6 Å². The van der Waals surface area contributed by atoms with Gasteiger partial charge in [-0.15, -0.1) is 0 Å². The summed E-state index contributed by atoms with van der Waals surface area (Å²) in [4.78, 5) is 29.9.